The Morgan fingerprint density at radius 1 is 1.07 bits per heavy atom. The van der Waals surface area contributed by atoms with Gasteiger partial charge in [-0.05, 0) is 37.1 Å². The SMILES string of the molecule is Cc1ccc(C(=O)c2ccn(CCC=Cc3ccc(SCCOO)cc3)c2)cc1. The molecule has 0 aliphatic carbocycles. The summed E-state index contributed by atoms with van der Waals surface area (Å²) in [5.74, 6) is 0.777. The highest BCUT2D eigenvalue weighted by Crippen LogP contribution is 2.19. The fourth-order valence-corrected chi connectivity index (χ4v) is 3.62. The number of aromatic nitrogens is 1. The molecule has 0 unspecified atom stereocenters. The minimum Gasteiger partial charge on any atom is -0.353 e. The fraction of sp³-hybridized carbons (Fsp3) is 0.208. The number of aryl methyl sites for hydroxylation is 2. The minimum atomic E-state index is 0.0582. The van der Waals surface area contributed by atoms with Crippen LogP contribution in [0.15, 0.2) is 78.0 Å². The molecule has 1 N–H and O–H groups in total. The molecule has 0 aliphatic rings. The quantitative estimate of drug-likeness (QED) is 0.154. The number of hydrogen-bond acceptors (Lipinski definition) is 4. The Kier molecular flexibility index (Phi) is 7.87. The topological polar surface area (TPSA) is 51.5 Å². The molecular formula is C24H25NO3S. The van der Waals surface area contributed by atoms with Crippen molar-refractivity contribution in [1.82, 2.24) is 4.57 Å². The van der Waals surface area contributed by atoms with Crippen molar-refractivity contribution in [2.75, 3.05) is 12.4 Å². The second kappa shape index (κ2) is 10.8. The highest BCUT2D eigenvalue weighted by molar-refractivity contribution is 7.99. The molecule has 0 fully saturated rings. The summed E-state index contributed by atoms with van der Waals surface area (Å²) in [5, 5.41) is 8.34. The molecule has 1 heterocycles. The van der Waals surface area contributed by atoms with E-state index < -0.39 is 0 Å². The summed E-state index contributed by atoms with van der Waals surface area (Å²) in [6, 6.07) is 17.8. The molecule has 0 radical (unpaired) electrons. The van der Waals surface area contributed by atoms with Crippen molar-refractivity contribution in [1.29, 1.82) is 0 Å². The van der Waals surface area contributed by atoms with Gasteiger partial charge in [-0.1, -0.05) is 54.1 Å². The first-order valence-electron chi connectivity index (χ1n) is 9.58. The predicted octanol–water partition coefficient (Wildman–Crippen LogP) is 5.71. The second-order valence-corrected chi connectivity index (χ2v) is 7.94. The molecule has 4 nitrogen and oxygen atoms in total. The zero-order chi connectivity index (χ0) is 20.5. The van der Waals surface area contributed by atoms with E-state index in [4.69, 9.17) is 5.26 Å². The lowest BCUT2D eigenvalue weighted by atomic mass is 10.0. The molecular weight excluding hydrogens is 382 g/mol. The lowest BCUT2D eigenvalue weighted by molar-refractivity contribution is -0.236. The summed E-state index contributed by atoms with van der Waals surface area (Å²) in [6.07, 6.45) is 9.00. The van der Waals surface area contributed by atoms with Crippen LogP contribution < -0.4 is 0 Å². The maximum absolute atomic E-state index is 12.5. The summed E-state index contributed by atoms with van der Waals surface area (Å²) in [6.45, 7) is 3.16. The van der Waals surface area contributed by atoms with E-state index in [1.807, 2.05) is 49.6 Å². The number of rotatable bonds is 10. The number of allylic oxidation sites excluding steroid dienone is 1. The molecule has 3 aromatic rings. The number of carbonyl (C=O) groups is 1. The maximum atomic E-state index is 12.5. The van der Waals surface area contributed by atoms with Crippen LogP contribution in [-0.2, 0) is 11.4 Å². The van der Waals surface area contributed by atoms with E-state index in [-0.39, 0.29) is 5.78 Å². The first-order chi connectivity index (χ1) is 14.2. The van der Waals surface area contributed by atoms with E-state index in [0.29, 0.717) is 6.61 Å². The Labute approximate surface area is 175 Å². The smallest absolute Gasteiger partial charge is 0.194 e. The van der Waals surface area contributed by atoms with Gasteiger partial charge in [0.1, 0.15) is 0 Å². The highest BCUT2D eigenvalue weighted by Gasteiger charge is 2.10. The van der Waals surface area contributed by atoms with E-state index in [1.165, 1.54) is 0 Å². The van der Waals surface area contributed by atoms with Gasteiger partial charge >= 0.3 is 0 Å². The number of benzene rings is 2. The summed E-state index contributed by atoms with van der Waals surface area (Å²) in [4.78, 5) is 17.8. The Bertz CT molecular complexity index is 943. The molecule has 0 saturated carbocycles. The minimum absolute atomic E-state index is 0.0582. The Morgan fingerprint density at radius 2 is 1.83 bits per heavy atom. The number of thioether (sulfide) groups is 1. The van der Waals surface area contributed by atoms with Crippen molar-refractivity contribution in [3.8, 4) is 0 Å². The number of carbonyl (C=O) groups excluding carboxylic acids is 1. The van der Waals surface area contributed by atoms with Crippen LogP contribution in [0.25, 0.3) is 6.08 Å². The van der Waals surface area contributed by atoms with E-state index in [1.54, 1.807) is 11.8 Å². The normalized spacial score (nSPS) is 11.2. The molecule has 29 heavy (non-hydrogen) atoms. The zero-order valence-electron chi connectivity index (χ0n) is 16.5. The Balaban J connectivity index is 1.48. The van der Waals surface area contributed by atoms with Crippen LogP contribution in [0.4, 0.5) is 0 Å². The van der Waals surface area contributed by atoms with Crippen LogP contribution in [-0.4, -0.2) is 28.0 Å². The number of nitrogens with zero attached hydrogens (tertiary/aromatic N) is 1. The molecule has 0 saturated heterocycles. The van der Waals surface area contributed by atoms with Crippen LogP contribution in [0.3, 0.4) is 0 Å². The average Bonchev–Trinajstić information content (AvgIpc) is 3.21. The maximum Gasteiger partial charge on any atom is 0.194 e. The van der Waals surface area contributed by atoms with E-state index >= 15 is 0 Å². The largest absolute Gasteiger partial charge is 0.353 e. The van der Waals surface area contributed by atoms with Gasteiger partial charge < -0.3 is 4.57 Å². The second-order valence-electron chi connectivity index (χ2n) is 6.77. The summed E-state index contributed by atoms with van der Waals surface area (Å²) in [5.41, 5.74) is 3.74. The molecule has 150 valence electrons. The molecule has 0 aliphatic heterocycles. The van der Waals surface area contributed by atoms with Gasteiger partial charge in [0.05, 0.1) is 6.61 Å². The number of ketones is 1. The molecule has 0 spiro atoms. The van der Waals surface area contributed by atoms with Crippen LogP contribution in [0, 0.1) is 6.92 Å². The molecule has 1 aromatic heterocycles. The lowest BCUT2D eigenvalue weighted by Crippen LogP contribution is -2.00. The number of hydrogen-bond donors (Lipinski definition) is 1. The lowest BCUT2D eigenvalue weighted by Gasteiger charge is -2.02. The van der Waals surface area contributed by atoms with Crippen molar-refractivity contribution in [2.24, 2.45) is 0 Å². The van der Waals surface area contributed by atoms with Gasteiger partial charge in [0.25, 0.3) is 0 Å². The van der Waals surface area contributed by atoms with Crippen LogP contribution in [0.2, 0.25) is 0 Å². The van der Waals surface area contributed by atoms with Gasteiger partial charge in [0, 0.05) is 40.7 Å². The predicted molar refractivity (Wildman–Crippen MR) is 118 cm³/mol. The molecule has 5 heteroatoms. The molecule has 0 amide bonds. The van der Waals surface area contributed by atoms with Crippen molar-refractivity contribution < 1.29 is 14.9 Å². The first-order valence-corrected chi connectivity index (χ1v) is 10.6. The molecule has 0 atom stereocenters. The Morgan fingerprint density at radius 3 is 2.55 bits per heavy atom. The zero-order valence-corrected chi connectivity index (χ0v) is 17.3. The van der Waals surface area contributed by atoms with Crippen molar-refractivity contribution in [3.05, 3.63) is 95.3 Å². The van der Waals surface area contributed by atoms with Gasteiger partial charge in [-0.3, -0.25) is 10.1 Å². The third kappa shape index (κ3) is 6.46. The molecule has 2 aromatic carbocycles. The fourth-order valence-electron chi connectivity index (χ4n) is 2.90. The van der Waals surface area contributed by atoms with Crippen LogP contribution in [0.5, 0.6) is 0 Å². The standard InChI is InChI=1S/C24H25NO3S/c1-19-5-9-21(10-6-19)24(26)22-13-15-25(18-22)14-3-2-4-20-7-11-23(12-8-20)29-17-16-28-27/h2,4-13,15,18,27H,3,14,16-17H2,1H3. The summed E-state index contributed by atoms with van der Waals surface area (Å²) >= 11 is 1.64. The van der Waals surface area contributed by atoms with Gasteiger partial charge in [0.15, 0.2) is 5.78 Å². The van der Waals surface area contributed by atoms with Crippen LogP contribution >= 0.6 is 11.8 Å². The van der Waals surface area contributed by atoms with Crippen molar-refractivity contribution in [2.45, 2.75) is 24.8 Å². The molecule has 3 rings (SSSR count). The molecule has 0 bridgehead atoms. The van der Waals surface area contributed by atoms with Crippen molar-refractivity contribution >= 4 is 23.6 Å². The highest BCUT2D eigenvalue weighted by atomic mass is 32.2. The van der Waals surface area contributed by atoms with E-state index in [0.717, 1.165) is 45.9 Å². The third-order valence-corrected chi connectivity index (χ3v) is 5.49. The van der Waals surface area contributed by atoms with Gasteiger partial charge in [-0.25, -0.2) is 4.89 Å². The van der Waals surface area contributed by atoms with Crippen molar-refractivity contribution in [3.63, 3.8) is 0 Å². The van der Waals surface area contributed by atoms with Gasteiger partial charge in [0.2, 0.25) is 0 Å². The summed E-state index contributed by atoms with van der Waals surface area (Å²) in [7, 11) is 0. The summed E-state index contributed by atoms with van der Waals surface area (Å²) < 4.78 is 2.05. The third-order valence-electron chi connectivity index (χ3n) is 4.51. The Hall–Kier alpha value is -2.60. The first kappa shape index (κ1) is 21.1. The van der Waals surface area contributed by atoms with E-state index in [9.17, 15) is 4.79 Å². The van der Waals surface area contributed by atoms with Gasteiger partial charge in [-0.2, -0.15) is 0 Å². The monoisotopic (exact) mass is 407 g/mol. The average molecular weight is 408 g/mol. The van der Waals surface area contributed by atoms with Gasteiger partial charge in [-0.15, -0.1) is 11.8 Å². The van der Waals surface area contributed by atoms with Crippen LogP contribution in [0.1, 0.15) is 33.5 Å². The van der Waals surface area contributed by atoms with E-state index in [2.05, 4.69) is 45.9 Å².